The molecule has 3 heterocycles. The van der Waals surface area contributed by atoms with E-state index in [1.807, 2.05) is 0 Å². The molecular weight excluding hydrogens is 294 g/mol. The van der Waals surface area contributed by atoms with E-state index in [0.29, 0.717) is 24.6 Å². The van der Waals surface area contributed by atoms with E-state index < -0.39 is 6.04 Å². The van der Waals surface area contributed by atoms with Gasteiger partial charge in [0.2, 0.25) is 5.91 Å². The summed E-state index contributed by atoms with van der Waals surface area (Å²) in [5.41, 5.74) is 0. The minimum Gasteiger partial charge on any atom is -0.459 e. The summed E-state index contributed by atoms with van der Waals surface area (Å²) in [5.74, 6) is 0.533. The Morgan fingerprint density at radius 1 is 1.35 bits per heavy atom. The highest BCUT2D eigenvalue weighted by Gasteiger charge is 2.35. The molecule has 3 rings (SSSR count). The summed E-state index contributed by atoms with van der Waals surface area (Å²) < 4.78 is 5.21. The van der Waals surface area contributed by atoms with Crippen molar-refractivity contribution in [3.05, 3.63) is 24.2 Å². The Hall–Kier alpha value is -1.82. The second kappa shape index (κ2) is 7.17. The second-order valence-corrected chi connectivity index (χ2v) is 6.57. The average Bonchev–Trinajstić information content (AvgIpc) is 3.11. The van der Waals surface area contributed by atoms with Crippen molar-refractivity contribution in [2.45, 2.75) is 44.7 Å². The van der Waals surface area contributed by atoms with Crippen molar-refractivity contribution in [2.75, 3.05) is 19.6 Å². The van der Waals surface area contributed by atoms with Crippen LogP contribution in [-0.2, 0) is 4.79 Å². The van der Waals surface area contributed by atoms with Crippen molar-refractivity contribution in [1.29, 1.82) is 0 Å². The number of piperidine rings is 2. The lowest BCUT2D eigenvalue weighted by molar-refractivity contribution is -0.127. The van der Waals surface area contributed by atoms with Gasteiger partial charge in [0, 0.05) is 19.1 Å². The van der Waals surface area contributed by atoms with Gasteiger partial charge in [-0.25, -0.2) is 0 Å². The number of hydrogen-bond acceptors (Lipinski definition) is 4. The Morgan fingerprint density at radius 2 is 2.22 bits per heavy atom. The number of likely N-dealkylation sites (tertiary alicyclic amines) is 1. The molecule has 6 nitrogen and oxygen atoms in total. The van der Waals surface area contributed by atoms with Gasteiger partial charge in [-0.05, 0) is 50.3 Å². The van der Waals surface area contributed by atoms with Gasteiger partial charge in [0.1, 0.15) is 6.04 Å². The third-order valence-electron chi connectivity index (χ3n) is 4.95. The van der Waals surface area contributed by atoms with Gasteiger partial charge >= 0.3 is 0 Å². The molecule has 2 saturated heterocycles. The number of furan rings is 1. The number of hydrogen-bond donors (Lipinski definition) is 2. The van der Waals surface area contributed by atoms with E-state index in [4.69, 9.17) is 4.42 Å². The van der Waals surface area contributed by atoms with E-state index in [1.165, 1.54) is 6.26 Å². The maximum Gasteiger partial charge on any atom is 0.290 e. The van der Waals surface area contributed by atoms with Gasteiger partial charge in [0.15, 0.2) is 5.76 Å². The third-order valence-corrected chi connectivity index (χ3v) is 4.95. The zero-order valence-corrected chi connectivity index (χ0v) is 13.6. The molecule has 2 aliphatic heterocycles. The summed E-state index contributed by atoms with van der Waals surface area (Å²) in [4.78, 5) is 27.0. The molecule has 1 aromatic rings. The Labute approximate surface area is 136 Å². The van der Waals surface area contributed by atoms with Gasteiger partial charge < -0.3 is 20.0 Å². The monoisotopic (exact) mass is 319 g/mol. The van der Waals surface area contributed by atoms with Gasteiger partial charge in [-0.2, -0.15) is 0 Å². The molecule has 2 aliphatic rings. The summed E-state index contributed by atoms with van der Waals surface area (Å²) in [5, 5.41) is 6.46. The van der Waals surface area contributed by atoms with Gasteiger partial charge in [0.05, 0.1) is 6.26 Å². The predicted octanol–water partition coefficient (Wildman–Crippen LogP) is 1.39. The van der Waals surface area contributed by atoms with Crippen LogP contribution in [0.3, 0.4) is 0 Å². The lowest BCUT2D eigenvalue weighted by atomic mass is 9.93. The Morgan fingerprint density at radius 3 is 2.96 bits per heavy atom. The van der Waals surface area contributed by atoms with Crippen molar-refractivity contribution < 1.29 is 14.0 Å². The highest BCUT2D eigenvalue weighted by atomic mass is 16.3. The molecule has 23 heavy (non-hydrogen) atoms. The predicted molar refractivity (Wildman–Crippen MR) is 86.0 cm³/mol. The van der Waals surface area contributed by atoms with Crippen molar-refractivity contribution >= 4 is 11.8 Å². The minimum atomic E-state index is -0.393. The van der Waals surface area contributed by atoms with Crippen molar-refractivity contribution in [1.82, 2.24) is 15.5 Å². The molecule has 126 valence electrons. The molecular formula is C17H25N3O3. The number of carbonyl (C=O) groups excluding carboxylic acids is 2. The molecule has 1 aromatic heterocycles. The molecule has 0 saturated carbocycles. The topological polar surface area (TPSA) is 74.6 Å². The van der Waals surface area contributed by atoms with Crippen molar-refractivity contribution in [3.63, 3.8) is 0 Å². The molecule has 3 atom stereocenters. The molecule has 0 bridgehead atoms. The van der Waals surface area contributed by atoms with E-state index >= 15 is 0 Å². The maximum atomic E-state index is 12.7. The van der Waals surface area contributed by atoms with Crippen LogP contribution in [0.15, 0.2) is 22.8 Å². The van der Waals surface area contributed by atoms with Crippen LogP contribution in [0.1, 0.15) is 43.2 Å². The van der Waals surface area contributed by atoms with Crippen LogP contribution in [-0.4, -0.2) is 48.4 Å². The Bertz CT molecular complexity index is 543. The van der Waals surface area contributed by atoms with Crippen LogP contribution in [0.4, 0.5) is 0 Å². The van der Waals surface area contributed by atoms with E-state index in [-0.39, 0.29) is 17.9 Å². The molecule has 3 unspecified atom stereocenters. The van der Waals surface area contributed by atoms with Crippen LogP contribution < -0.4 is 10.6 Å². The molecule has 0 spiro atoms. The molecule has 2 amide bonds. The number of nitrogens with zero attached hydrogens (tertiary/aromatic N) is 1. The molecule has 0 radical (unpaired) electrons. The average molecular weight is 319 g/mol. The highest BCUT2D eigenvalue weighted by molar-refractivity contribution is 5.95. The van der Waals surface area contributed by atoms with Gasteiger partial charge in [0.25, 0.3) is 5.91 Å². The fourth-order valence-electron chi connectivity index (χ4n) is 3.45. The van der Waals surface area contributed by atoms with E-state index in [9.17, 15) is 9.59 Å². The first-order valence-electron chi connectivity index (χ1n) is 8.52. The maximum absolute atomic E-state index is 12.7. The summed E-state index contributed by atoms with van der Waals surface area (Å²) in [6, 6.07) is 3.09. The Balaban J connectivity index is 1.68. The molecule has 6 heteroatoms. The summed E-state index contributed by atoms with van der Waals surface area (Å²) >= 11 is 0. The summed E-state index contributed by atoms with van der Waals surface area (Å²) in [6.45, 7) is 4.57. The van der Waals surface area contributed by atoms with Crippen LogP contribution in [0.2, 0.25) is 0 Å². The third kappa shape index (κ3) is 3.58. The summed E-state index contributed by atoms with van der Waals surface area (Å²) in [6.07, 6.45) is 5.16. The fourth-order valence-corrected chi connectivity index (χ4v) is 3.45. The normalized spacial score (nSPS) is 28.4. The first-order chi connectivity index (χ1) is 11.2. The fraction of sp³-hybridized carbons (Fsp3) is 0.647. The first-order valence-corrected chi connectivity index (χ1v) is 8.52. The van der Waals surface area contributed by atoms with E-state index in [2.05, 4.69) is 17.6 Å². The van der Waals surface area contributed by atoms with Crippen LogP contribution in [0, 0.1) is 5.92 Å². The summed E-state index contributed by atoms with van der Waals surface area (Å²) in [7, 11) is 0. The van der Waals surface area contributed by atoms with Crippen LogP contribution in [0.25, 0.3) is 0 Å². The van der Waals surface area contributed by atoms with Crippen molar-refractivity contribution in [3.8, 4) is 0 Å². The quantitative estimate of drug-likeness (QED) is 0.883. The van der Waals surface area contributed by atoms with Gasteiger partial charge in [-0.3, -0.25) is 9.59 Å². The SMILES string of the molecule is CC1CCNCC1NC(=O)C1CCCCN1C(=O)c1ccco1. The van der Waals surface area contributed by atoms with E-state index in [0.717, 1.165) is 32.4 Å². The molecule has 2 fully saturated rings. The molecule has 0 aromatic carbocycles. The van der Waals surface area contributed by atoms with Crippen LogP contribution >= 0.6 is 0 Å². The lowest BCUT2D eigenvalue weighted by Gasteiger charge is -2.37. The minimum absolute atomic E-state index is 0.0369. The largest absolute Gasteiger partial charge is 0.459 e. The first kappa shape index (κ1) is 16.1. The number of nitrogens with one attached hydrogen (secondary N) is 2. The molecule has 2 N–H and O–H groups in total. The standard InChI is InChI=1S/C17H25N3O3/c1-12-7-8-18-11-13(12)19-16(21)14-5-2-3-9-20(14)17(22)15-6-4-10-23-15/h4,6,10,12-14,18H,2-3,5,7-9,11H2,1H3,(H,19,21). The number of rotatable bonds is 3. The number of carbonyl (C=O) groups is 2. The smallest absolute Gasteiger partial charge is 0.290 e. The second-order valence-electron chi connectivity index (χ2n) is 6.57. The van der Waals surface area contributed by atoms with Gasteiger partial charge in [-0.1, -0.05) is 6.92 Å². The van der Waals surface area contributed by atoms with Crippen molar-refractivity contribution in [2.24, 2.45) is 5.92 Å². The Kier molecular flexibility index (Phi) is 5.00. The molecule has 0 aliphatic carbocycles. The van der Waals surface area contributed by atoms with E-state index in [1.54, 1.807) is 17.0 Å². The zero-order chi connectivity index (χ0) is 16.2. The highest BCUT2D eigenvalue weighted by Crippen LogP contribution is 2.21. The van der Waals surface area contributed by atoms with Crippen LogP contribution in [0.5, 0.6) is 0 Å². The number of amides is 2. The zero-order valence-electron chi connectivity index (χ0n) is 13.6. The lowest BCUT2D eigenvalue weighted by Crippen LogP contribution is -2.57. The van der Waals surface area contributed by atoms with Gasteiger partial charge in [-0.15, -0.1) is 0 Å².